The first kappa shape index (κ1) is 13.4. The maximum atomic E-state index is 7.88. The molecule has 0 aliphatic carbocycles. The molecular formula is C7H21N3O. The van der Waals surface area contributed by atoms with Gasteiger partial charge in [0.2, 0.25) is 0 Å². The Labute approximate surface area is 69.0 Å². The van der Waals surface area contributed by atoms with Gasteiger partial charge in [-0.15, -0.1) is 0 Å². The molecule has 4 heteroatoms. The van der Waals surface area contributed by atoms with E-state index in [0.717, 1.165) is 19.5 Å². The number of aliphatic hydroxyl groups excluding tert-OH is 1. The van der Waals surface area contributed by atoms with Crippen LogP contribution in [0.1, 0.15) is 13.3 Å². The number of aliphatic hydroxyl groups is 1. The van der Waals surface area contributed by atoms with E-state index in [1.54, 1.807) is 0 Å². The Balaban J connectivity index is 0. The average molecular weight is 163 g/mol. The standard InChI is InChI=1S/C4H13N3.C3H8O/c5-1-3-7-4-2-6;1-2-3-4/h7H,1-6H2;4H,2-3H2,1H3. The normalized spacial score (nSPS) is 8.73. The second-order valence-corrected chi connectivity index (χ2v) is 2.05. The van der Waals surface area contributed by atoms with Crippen molar-refractivity contribution in [2.24, 2.45) is 11.5 Å². The molecule has 0 aliphatic rings. The quantitative estimate of drug-likeness (QED) is 0.387. The van der Waals surface area contributed by atoms with Crippen LogP contribution in [0, 0.1) is 0 Å². The smallest absolute Gasteiger partial charge is 0.0428 e. The zero-order valence-corrected chi connectivity index (χ0v) is 7.34. The maximum Gasteiger partial charge on any atom is 0.0428 e. The van der Waals surface area contributed by atoms with Gasteiger partial charge in [-0.2, -0.15) is 0 Å². The second-order valence-electron chi connectivity index (χ2n) is 2.05. The van der Waals surface area contributed by atoms with Gasteiger partial charge in [-0.05, 0) is 6.42 Å². The molecule has 0 spiro atoms. The zero-order valence-electron chi connectivity index (χ0n) is 7.34. The summed E-state index contributed by atoms with van der Waals surface area (Å²) in [5.74, 6) is 0. The summed E-state index contributed by atoms with van der Waals surface area (Å²) in [5.41, 5.74) is 10.3. The number of rotatable bonds is 5. The summed E-state index contributed by atoms with van der Waals surface area (Å²) >= 11 is 0. The van der Waals surface area contributed by atoms with Crippen LogP contribution in [0.15, 0.2) is 0 Å². The van der Waals surface area contributed by atoms with Crippen molar-refractivity contribution in [1.82, 2.24) is 5.32 Å². The molecule has 0 aromatic heterocycles. The third-order valence-corrected chi connectivity index (χ3v) is 0.866. The Morgan fingerprint density at radius 2 is 1.55 bits per heavy atom. The van der Waals surface area contributed by atoms with E-state index in [1.807, 2.05) is 6.92 Å². The lowest BCUT2D eigenvalue weighted by Crippen LogP contribution is -2.27. The van der Waals surface area contributed by atoms with E-state index in [-0.39, 0.29) is 0 Å². The highest BCUT2D eigenvalue weighted by Crippen LogP contribution is 1.61. The van der Waals surface area contributed by atoms with Crippen molar-refractivity contribution < 1.29 is 5.11 Å². The summed E-state index contributed by atoms with van der Waals surface area (Å²) < 4.78 is 0. The Morgan fingerprint density at radius 3 is 1.73 bits per heavy atom. The van der Waals surface area contributed by atoms with E-state index in [0.29, 0.717) is 19.7 Å². The lowest BCUT2D eigenvalue weighted by Gasteiger charge is -1.95. The summed E-state index contributed by atoms with van der Waals surface area (Å²) in [6, 6.07) is 0. The highest BCUT2D eigenvalue weighted by molar-refractivity contribution is 4.45. The summed E-state index contributed by atoms with van der Waals surface area (Å²) in [6.45, 7) is 5.38. The molecule has 0 saturated carbocycles. The van der Waals surface area contributed by atoms with Crippen molar-refractivity contribution in [2.45, 2.75) is 13.3 Å². The van der Waals surface area contributed by atoms with Gasteiger partial charge in [-0.3, -0.25) is 0 Å². The molecule has 0 heterocycles. The topological polar surface area (TPSA) is 84.3 Å². The first-order valence-electron chi connectivity index (χ1n) is 4.05. The monoisotopic (exact) mass is 163 g/mol. The summed E-state index contributed by atoms with van der Waals surface area (Å²) in [5, 5.41) is 10.9. The third-order valence-electron chi connectivity index (χ3n) is 0.866. The summed E-state index contributed by atoms with van der Waals surface area (Å²) in [4.78, 5) is 0. The third kappa shape index (κ3) is 25.8. The molecule has 4 nitrogen and oxygen atoms in total. The van der Waals surface area contributed by atoms with E-state index in [9.17, 15) is 0 Å². The minimum absolute atomic E-state index is 0.319. The van der Waals surface area contributed by atoms with Crippen molar-refractivity contribution in [3.05, 3.63) is 0 Å². The molecule has 70 valence electrons. The van der Waals surface area contributed by atoms with Gasteiger partial charge in [0.15, 0.2) is 0 Å². The Bertz CT molecular complexity index is 47.0. The number of nitrogens with one attached hydrogen (secondary N) is 1. The van der Waals surface area contributed by atoms with Crippen LogP contribution in [-0.4, -0.2) is 37.9 Å². The molecule has 6 N–H and O–H groups in total. The van der Waals surface area contributed by atoms with Gasteiger partial charge in [-0.25, -0.2) is 0 Å². The maximum absolute atomic E-state index is 7.88. The molecule has 11 heavy (non-hydrogen) atoms. The summed E-state index contributed by atoms with van der Waals surface area (Å²) in [7, 11) is 0. The minimum Gasteiger partial charge on any atom is -0.396 e. The van der Waals surface area contributed by atoms with Crippen LogP contribution in [0.4, 0.5) is 0 Å². The van der Waals surface area contributed by atoms with Gasteiger partial charge in [0, 0.05) is 32.8 Å². The average Bonchev–Trinajstić information content (AvgIpc) is 2.06. The fraction of sp³-hybridized carbons (Fsp3) is 1.00. The van der Waals surface area contributed by atoms with E-state index in [2.05, 4.69) is 5.32 Å². The molecule has 0 atom stereocenters. The van der Waals surface area contributed by atoms with Crippen molar-refractivity contribution >= 4 is 0 Å². The predicted molar refractivity (Wildman–Crippen MR) is 48.4 cm³/mol. The fourth-order valence-corrected chi connectivity index (χ4v) is 0.329. The van der Waals surface area contributed by atoms with E-state index < -0.39 is 0 Å². The predicted octanol–water partition coefficient (Wildman–Crippen LogP) is -1.12. The van der Waals surface area contributed by atoms with Crippen LogP contribution in [0.5, 0.6) is 0 Å². The Kier molecular flexibility index (Phi) is 20.1. The van der Waals surface area contributed by atoms with Crippen LogP contribution >= 0.6 is 0 Å². The lowest BCUT2D eigenvalue weighted by molar-refractivity contribution is 0.295. The molecule has 0 saturated heterocycles. The van der Waals surface area contributed by atoms with Crippen LogP contribution < -0.4 is 16.8 Å². The van der Waals surface area contributed by atoms with Gasteiger partial charge < -0.3 is 21.9 Å². The molecule has 0 amide bonds. The Hall–Kier alpha value is -0.160. The molecule has 0 unspecified atom stereocenters. The van der Waals surface area contributed by atoms with Crippen LogP contribution in [0.3, 0.4) is 0 Å². The van der Waals surface area contributed by atoms with Crippen LogP contribution in [-0.2, 0) is 0 Å². The highest BCUT2D eigenvalue weighted by Gasteiger charge is 1.76. The number of hydrogen-bond donors (Lipinski definition) is 4. The molecule has 0 radical (unpaired) electrons. The molecule has 0 bridgehead atoms. The molecule has 0 fully saturated rings. The van der Waals surface area contributed by atoms with Crippen LogP contribution in [0.25, 0.3) is 0 Å². The van der Waals surface area contributed by atoms with Gasteiger partial charge in [0.05, 0.1) is 0 Å². The largest absolute Gasteiger partial charge is 0.396 e. The van der Waals surface area contributed by atoms with Gasteiger partial charge >= 0.3 is 0 Å². The van der Waals surface area contributed by atoms with Crippen molar-refractivity contribution in [1.29, 1.82) is 0 Å². The Morgan fingerprint density at radius 1 is 1.18 bits per heavy atom. The van der Waals surface area contributed by atoms with Crippen LogP contribution in [0.2, 0.25) is 0 Å². The SMILES string of the molecule is CCCO.NCCNCCN. The van der Waals surface area contributed by atoms with E-state index >= 15 is 0 Å². The van der Waals surface area contributed by atoms with Crippen molar-refractivity contribution in [3.63, 3.8) is 0 Å². The first-order chi connectivity index (χ1) is 5.33. The first-order valence-corrected chi connectivity index (χ1v) is 4.05. The number of hydrogen-bond acceptors (Lipinski definition) is 4. The van der Waals surface area contributed by atoms with Crippen molar-refractivity contribution in [3.8, 4) is 0 Å². The molecule has 0 rings (SSSR count). The van der Waals surface area contributed by atoms with Crippen molar-refractivity contribution in [2.75, 3.05) is 32.8 Å². The molecule has 0 aromatic rings. The van der Waals surface area contributed by atoms with Gasteiger partial charge in [0.1, 0.15) is 0 Å². The molecule has 0 aromatic carbocycles. The van der Waals surface area contributed by atoms with E-state index in [4.69, 9.17) is 16.6 Å². The highest BCUT2D eigenvalue weighted by atomic mass is 16.2. The fourth-order valence-electron chi connectivity index (χ4n) is 0.329. The van der Waals surface area contributed by atoms with E-state index in [1.165, 1.54) is 0 Å². The molecular weight excluding hydrogens is 142 g/mol. The molecule has 0 aliphatic heterocycles. The second kappa shape index (κ2) is 16.4. The van der Waals surface area contributed by atoms with Gasteiger partial charge in [0.25, 0.3) is 0 Å². The zero-order chi connectivity index (χ0) is 8.95. The number of nitrogens with two attached hydrogens (primary N) is 2. The summed E-state index contributed by atoms with van der Waals surface area (Å²) in [6.07, 6.45) is 0.875. The lowest BCUT2D eigenvalue weighted by atomic mass is 10.5. The minimum atomic E-state index is 0.319. The van der Waals surface area contributed by atoms with Gasteiger partial charge in [-0.1, -0.05) is 6.92 Å².